The number of nitrogens with one attached hydrogen (secondary N) is 2. The average molecular weight is 258 g/mol. The van der Waals surface area contributed by atoms with Crippen LogP contribution < -0.4 is 10.6 Å². The third-order valence-corrected chi connectivity index (χ3v) is 4.63. The van der Waals surface area contributed by atoms with Gasteiger partial charge in [-0.25, -0.2) is 0 Å². The minimum absolute atomic E-state index is 0.0511. The molecule has 0 saturated heterocycles. The smallest absolute Gasteiger partial charge is 0.241 e. The number of anilines is 1. The number of hydrogen-bond donors (Lipinski definition) is 2. The van der Waals surface area contributed by atoms with E-state index in [-0.39, 0.29) is 11.9 Å². The van der Waals surface area contributed by atoms with Crippen molar-refractivity contribution in [2.75, 3.05) is 11.9 Å². The average Bonchev–Trinajstić information content (AvgIpc) is 2.53. The Labute approximate surface area is 114 Å². The molecule has 0 spiro atoms. The highest BCUT2D eigenvalue weighted by Crippen LogP contribution is 2.39. The summed E-state index contributed by atoms with van der Waals surface area (Å²) in [7, 11) is 0. The molecule has 1 aromatic rings. The molecule has 1 saturated carbocycles. The van der Waals surface area contributed by atoms with E-state index in [1.165, 1.54) is 24.8 Å². The Kier molecular flexibility index (Phi) is 3.31. The van der Waals surface area contributed by atoms with Gasteiger partial charge >= 0.3 is 0 Å². The lowest BCUT2D eigenvalue weighted by molar-refractivity contribution is -0.118. The van der Waals surface area contributed by atoms with E-state index in [9.17, 15) is 4.79 Å². The fourth-order valence-corrected chi connectivity index (χ4v) is 3.03. The zero-order valence-corrected chi connectivity index (χ0v) is 11.5. The van der Waals surface area contributed by atoms with E-state index in [1.54, 1.807) is 0 Å². The largest absolute Gasteiger partial charge is 0.324 e. The summed E-state index contributed by atoms with van der Waals surface area (Å²) >= 11 is 0. The molecule has 3 rings (SSSR count). The first-order valence-corrected chi connectivity index (χ1v) is 7.28. The second kappa shape index (κ2) is 4.97. The Bertz CT molecular complexity index is 479. The van der Waals surface area contributed by atoms with Gasteiger partial charge in [0, 0.05) is 12.2 Å². The van der Waals surface area contributed by atoms with Gasteiger partial charge in [-0.15, -0.1) is 0 Å². The maximum Gasteiger partial charge on any atom is 0.241 e. The van der Waals surface area contributed by atoms with Gasteiger partial charge in [-0.2, -0.15) is 0 Å². The molecule has 1 aliphatic heterocycles. The number of carbonyl (C=O) groups excluding carboxylic acids is 1. The molecular weight excluding hydrogens is 236 g/mol. The zero-order chi connectivity index (χ0) is 13.3. The highest BCUT2D eigenvalue weighted by Gasteiger charge is 2.33. The molecule has 3 nitrogen and oxygen atoms in total. The monoisotopic (exact) mass is 258 g/mol. The Balaban J connectivity index is 1.64. The summed E-state index contributed by atoms with van der Waals surface area (Å²) in [5.41, 5.74) is 2.64. The van der Waals surface area contributed by atoms with E-state index in [1.807, 2.05) is 18.2 Å². The summed E-state index contributed by atoms with van der Waals surface area (Å²) in [5, 5.41) is 6.52. The van der Waals surface area contributed by atoms with Gasteiger partial charge in [-0.3, -0.25) is 4.79 Å². The molecular formula is C16H22N2O. The summed E-state index contributed by atoms with van der Waals surface area (Å²) < 4.78 is 0. The van der Waals surface area contributed by atoms with Crippen LogP contribution in [0.4, 0.5) is 5.69 Å². The van der Waals surface area contributed by atoms with Crippen LogP contribution in [0.2, 0.25) is 0 Å². The maximum absolute atomic E-state index is 12.2. The van der Waals surface area contributed by atoms with Gasteiger partial charge in [-0.1, -0.05) is 31.5 Å². The van der Waals surface area contributed by atoms with Gasteiger partial charge in [0.1, 0.15) is 0 Å². The fourth-order valence-electron chi connectivity index (χ4n) is 3.03. The van der Waals surface area contributed by atoms with Crippen LogP contribution in [0.1, 0.15) is 38.2 Å². The Morgan fingerprint density at radius 3 is 2.89 bits per heavy atom. The van der Waals surface area contributed by atoms with E-state index in [0.29, 0.717) is 5.41 Å². The molecule has 1 aliphatic carbocycles. The number of benzene rings is 1. The van der Waals surface area contributed by atoms with Crippen LogP contribution in [-0.4, -0.2) is 18.5 Å². The summed E-state index contributed by atoms with van der Waals surface area (Å²) in [6, 6.07) is 8.05. The van der Waals surface area contributed by atoms with Crippen molar-refractivity contribution < 1.29 is 4.79 Å². The molecule has 1 aromatic carbocycles. The molecule has 0 aromatic heterocycles. The Morgan fingerprint density at radius 2 is 2.16 bits per heavy atom. The van der Waals surface area contributed by atoms with Crippen LogP contribution in [0.25, 0.3) is 0 Å². The zero-order valence-electron chi connectivity index (χ0n) is 11.5. The van der Waals surface area contributed by atoms with Gasteiger partial charge in [0.25, 0.3) is 0 Å². The highest BCUT2D eigenvalue weighted by molar-refractivity contribution is 5.96. The van der Waals surface area contributed by atoms with Crippen LogP contribution in [0.3, 0.4) is 0 Å². The predicted octanol–water partition coefficient (Wildman–Crippen LogP) is 2.72. The maximum atomic E-state index is 12.2. The summed E-state index contributed by atoms with van der Waals surface area (Å²) in [6.45, 7) is 3.27. The number of carbonyl (C=O) groups is 1. The van der Waals surface area contributed by atoms with Crippen LogP contribution in [0.15, 0.2) is 24.3 Å². The first kappa shape index (κ1) is 12.7. The third kappa shape index (κ3) is 2.66. The quantitative estimate of drug-likeness (QED) is 0.875. The number of fused-ring (bicyclic) bond motifs is 1. The predicted molar refractivity (Wildman–Crippen MR) is 77.1 cm³/mol. The second-order valence-corrected chi connectivity index (χ2v) is 6.28. The molecule has 1 fully saturated rings. The number of amides is 1. The lowest BCUT2D eigenvalue weighted by Gasteiger charge is -2.39. The molecule has 0 radical (unpaired) electrons. The van der Waals surface area contributed by atoms with Gasteiger partial charge in [0.2, 0.25) is 5.91 Å². The van der Waals surface area contributed by atoms with E-state index in [4.69, 9.17) is 0 Å². The normalized spacial score (nSPS) is 24.9. The van der Waals surface area contributed by atoms with E-state index < -0.39 is 0 Å². The number of rotatable bonds is 3. The molecule has 1 atom stereocenters. The highest BCUT2D eigenvalue weighted by atomic mass is 16.2. The molecule has 2 N–H and O–H groups in total. The van der Waals surface area contributed by atoms with E-state index in [0.717, 1.165) is 25.1 Å². The molecule has 0 bridgehead atoms. The molecule has 2 aliphatic rings. The van der Waals surface area contributed by atoms with Crippen molar-refractivity contribution in [2.24, 2.45) is 5.41 Å². The van der Waals surface area contributed by atoms with Crippen LogP contribution in [0.5, 0.6) is 0 Å². The van der Waals surface area contributed by atoms with Gasteiger partial charge < -0.3 is 10.6 Å². The van der Waals surface area contributed by atoms with Gasteiger partial charge in [0.05, 0.1) is 6.04 Å². The molecule has 3 heteroatoms. The summed E-state index contributed by atoms with van der Waals surface area (Å²) in [6.07, 6.45) is 5.76. The molecule has 102 valence electrons. The Hall–Kier alpha value is -1.35. The first-order valence-electron chi connectivity index (χ1n) is 7.28. The Morgan fingerprint density at radius 1 is 1.37 bits per heavy atom. The van der Waals surface area contributed by atoms with Crippen molar-refractivity contribution in [1.82, 2.24) is 5.32 Å². The molecule has 1 amide bonds. The number of hydrogen-bond acceptors (Lipinski definition) is 2. The summed E-state index contributed by atoms with van der Waals surface area (Å²) in [4.78, 5) is 12.2. The van der Waals surface area contributed by atoms with E-state index >= 15 is 0 Å². The van der Waals surface area contributed by atoms with Crippen molar-refractivity contribution in [3.05, 3.63) is 29.8 Å². The van der Waals surface area contributed by atoms with Crippen molar-refractivity contribution in [3.63, 3.8) is 0 Å². The fraction of sp³-hybridized carbons (Fsp3) is 0.562. The van der Waals surface area contributed by atoms with Crippen molar-refractivity contribution in [3.8, 4) is 0 Å². The minimum Gasteiger partial charge on any atom is -0.324 e. The lowest BCUT2D eigenvalue weighted by Crippen LogP contribution is -2.46. The summed E-state index contributed by atoms with van der Waals surface area (Å²) in [5.74, 6) is 0.118. The van der Waals surface area contributed by atoms with Crippen LogP contribution in [0, 0.1) is 5.41 Å². The van der Waals surface area contributed by atoms with Crippen molar-refractivity contribution in [1.29, 1.82) is 0 Å². The molecule has 1 heterocycles. The minimum atomic E-state index is -0.0511. The number of aryl methyl sites for hydroxylation is 1. The van der Waals surface area contributed by atoms with Gasteiger partial charge in [-0.05, 0) is 42.7 Å². The molecule has 19 heavy (non-hydrogen) atoms. The lowest BCUT2D eigenvalue weighted by atomic mass is 9.70. The topological polar surface area (TPSA) is 41.1 Å². The number of para-hydroxylation sites is 1. The van der Waals surface area contributed by atoms with Crippen LogP contribution >= 0.6 is 0 Å². The van der Waals surface area contributed by atoms with Crippen LogP contribution in [-0.2, 0) is 11.2 Å². The SMILES string of the molecule is CC1(CNC2CCc3ccccc3NC2=O)CCC1. The van der Waals surface area contributed by atoms with E-state index in [2.05, 4.69) is 23.6 Å². The van der Waals surface area contributed by atoms with Crippen molar-refractivity contribution >= 4 is 11.6 Å². The standard InChI is InChI=1S/C16H22N2O/c1-16(9-4-10-16)11-17-14-8-7-12-5-2-3-6-13(12)18-15(14)19/h2-3,5-6,14,17H,4,7-11H2,1H3,(H,18,19). The third-order valence-electron chi connectivity index (χ3n) is 4.63. The molecule has 1 unspecified atom stereocenters. The first-order chi connectivity index (χ1) is 9.16. The van der Waals surface area contributed by atoms with Crippen molar-refractivity contribution in [2.45, 2.75) is 45.1 Å². The van der Waals surface area contributed by atoms with Gasteiger partial charge in [0.15, 0.2) is 0 Å². The second-order valence-electron chi connectivity index (χ2n) is 6.28.